The Balaban J connectivity index is 2.95. The van der Waals surface area contributed by atoms with E-state index in [0.29, 0.717) is 18.0 Å². The zero-order valence-electron chi connectivity index (χ0n) is 11.9. The topological polar surface area (TPSA) is 30.5 Å². The van der Waals surface area contributed by atoms with Gasteiger partial charge < -0.3 is 14.8 Å². The lowest BCUT2D eigenvalue weighted by molar-refractivity contribution is -0.136. The number of benzene rings is 1. The van der Waals surface area contributed by atoms with Crippen molar-refractivity contribution in [2.24, 2.45) is 0 Å². The molecular formula is C14H20F3NO2. The molecule has 1 aromatic rings. The van der Waals surface area contributed by atoms with Gasteiger partial charge in [-0.2, -0.15) is 13.2 Å². The van der Waals surface area contributed by atoms with E-state index in [9.17, 15) is 13.2 Å². The predicted octanol–water partition coefficient (Wildman–Crippen LogP) is 3.70. The van der Waals surface area contributed by atoms with Crippen molar-refractivity contribution in [1.82, 2.24) is 5.32 Å². The molecule has 0 aliphatic rings. The van der Waals surface area contributed by atoms with Gasteiger partial charge in [-0.3, -0.25) is 0 Å². The van der Waals surface area contributed by atoms with Gasteiger partial charge in [-0.25, -0.2) is 0 Å². The molecule has 1 atom stereocenters. The molecule has 0 amide bonds. The number of halogens is 3. The summed E-state index contributed by atoms with van der Waals surface area (Å²) in [6.45, 7) is 2.44. The number of nitrogens with one attached hydrogen (secondary N) is 1. The summed E-state index contributed by atoms with van der Waals surface area (Å²) in [7, 11) is 3.02. The maximum Gasteiger partial charge on any atom is 0.389 e. The summed E-state index contributed by atoms with van der Waals surface area (Å²) in [4.78, 5) is 0. The SMILES string of the molecule is CCNC(CCC(F)(F)F)c1cc(OC)cc(OC)c1. The summed E-state index contributed by atoms with van der Waals surface area (Å²) in [5.74, 6) is 1.13. The summed E-state index contributed by atoms with van der Waals surface area (Å²) in [6.07, 6.45) is -5.01. The van der Waals surface area contributed by atoms with Crippen molar-refractivity contribution in [3.8, 4) is 11.5 Å². The largest absolute Gasteiger partial charge is 0.497 e. The summed E-state index contributed by atoms with van der Waals surface area (Å²) in [5.41, 5.74) is 0.729. The van der Waals surface area contributed by atoms with Crippen LogP contribution in [-0.4, -0.2) is 26.9 Å². The first-order valence-electron chi connectivity index (χ1n) is 6.42. The van der Waals surface area contributed by atoms with Crippen LogP contribution in [0, 0.1) is 0 Å². The van der Waals surface area contributed by atoms with Gasteiger partial charge in [-0.05, 0) is 30.7 Å². The standard InChI is InChI=1S/C14H20F3NO2/c1-4-18-13(5-6-14(15,16)17)10-7-11(19-2)9-12(8-10)20-3/h7-9,13,18H,4-6H2,1-3H3. The first-order valence-corrected chi connectivity index (χ1v) is 6.42. The minimum absolute atomic E-state index is 0.0202. The van der Waals surface area contributed by atoms with E-state index in [1.807, 2.05) is 6.92 Å². The van der Waals surface area contributed by atoms with Crippen LogP contribution in [0.4, 0.5) is 13.2 Å². The number of rotatable bonds is 7. The van der Waals surface area contributed by atoms with Crippen molar-refractivity contribution in [2.75, 3.05) is 20.8 Å². The fourth-order valence-electron chi connectivity index (χ4n) is 1.97. The predicted molar refractivity (Wildman–Crippen MR) is 71.3 cm³/mol. The van der Waals surface area contributed by atoms with Crippen LogP contribution in [0.25, 0.3) is 0 Å². The molecule has 0 radical (unpaired) electrons. The molecule has 1 unspecified atom stereocenters. The lowest BCUT2D eigenvalue weighted by atomic mass is 10.0. The average molecular weight is 291 g/mol. The minimum atomic E-state index is -4.16. The van der Waals surface area contributed by atoms with Gasteiger partial charge in [-0.15, -0.1) is 0 Å². The molecule has 0 fully saturated rings. The van der Waals surface area contributed by atoms with Gasteiger partial charge in [0.1, 0.15) is 11.5 Å². The Morgan fingerprint density at radius 3 is 2.05 bits per heavy atom. The van der Waals surface area contributed by atoms with Crippen LogP contribution in [-0.2, 0) is 0 Å². The molecule has 0 saturated carbocycles. The number of methoxy groups -OCH3 is 2. The van der Waals surface area contributed by atoms with Crippen molar-refractivity contribution in [1.29, 1.82) is 0 Å². The Kier molecular flexibility index (Phi) is 6.13. The van der Waals surface area contributed by atoms with E-state index < -0.39 is 12.6 Å². The van der Waals surface area contributed by atoms with Gasteiger partial charge in [-0.1, -0.05) is 6.92 Å². The molecule has 1 rings (SSSR count). The van der Waals surface area contributed by atoms with Crippen LogP contribution in [0.15, 0.2) is 18.2 Å². The highest BCUT2D eigenvalue weighted by Crippen LogP contribution is 2.31. The summed E-state index contributed by atoms with van der Waals surface area (Å²) < 4.78 is 47.4. The molecule has 0 bridgehead atoms. The molecule has 1 N–H and O–H groups in total. The smallest absolute Gasteiger partial charge is 0.389 e. The molecule has 0 heterocycles. The van der Waals surface area contributed by atoms with Crippen LogP contribution < -0.4 is 14.8 Å². The highest BCUT2D eigenvalue weighted by atomic mass is 19.4. The third-order valence-electron chi connectivity index (χ3n) is 2.94. The number of hydrogen-bond acceptors (Lipinski definition) is 3. The molecule has 0 aliphatic heterocycles. The second kappa shape index (κ2) is 7.38. The Morgan fingerprint density at radius 1 is 1.10 bits per heavy atom. The third kappa shape index (κ3) is 5.28. The van der Waals surface area contributed by atoms with Crippen molar-refractivity contribution in [3.63, 3.8) is 0 Å². The van der Waals surface area contributed by atoms with E-state index in [-0.39, 0.29) is 12.5 Å². The van der Waals surface area contributed by atoms with Gasteiger partial charge in [0.2, 0.25) is 0 Å². The normalized spacial score (nSPS) is 13.1. The molecule has 3 nitrogen and oxygen atoms in total. The first kappa shape index (κ1) is 16.6. The molecule has 20 heavy (non-hydrogen) atoms. The Bertz CT molecular complexity index is 399. The summed E-state index contributed by atoms with van der Waals surface area (Å²) in [5, 5.41) is 3.06. The van der Waals surface area contributed by atoms with E-state index in [4.69, 9.17) is 9.47 Å². The van der Waals surface area contributed by atoms with Gasteiger partial charge >= 0.3 is 6.18 Å². The zero-order valence-corrected chi connectivity index (χ0v) is 11.9. The molecule has 114 valence electrons. The molecule has 6 heteroatoms. The Labute approximate surface area is 117 Å². The molecule has 0 spiro atoms. The minimum Gasteiger partial charge on any atom is -0.497 e. The number of ether oxygens (including phenoxy) is 2. The maximum absolute atomic E-state index is 12.4. The first-order chi connectivity index (χ1) is 9.39. The fourth-order valence-corrected chi connectivity index (χ4v) is 1.97. The van der Waals surface area contributed by atoms with Gasteiger partial charge in [0.05, 0.1) is 14.2 Å². The molecule has 1 aromatic carbocycles. The highest BCUT2D eigenvalue weighted by molar-refractivity contribution is 5.39. The van der Waals surface area contributed by atoms with E-state index in [0.717, 1.165) is 5.56 Å². The molecule has 0 aromatic heterocycles. The van der Waals surface area contributed by atoms with Crippen LogP contribution in [0.1, 0.15) is 31.4 Å². The third-order valence-corrected chi connectivity index (χ3v) is 2.94. The molecule has 0 aliphatic carbocycles. The highest BCUT2D eigenvalue weighted by Gasteiger charge is 2.28. The Morgan fingerprint density at radius 2 is 1.65 bits per heavy atom. The van der Waals surface area contributed by atoms with E-state index in [1.54, 1.807) is 18.2 Å². The maximum atomic E-state index is 12.4. The second-order valence-corrected chi connectivity index (χ2v) is 4.41. The van der Waals surface area contributed by atoms with Crippen molar-refractivity contribution in [3.05, 3.63) is 23.8 Å². The van der Waals surface area contributed by atoms with E-state index in [1.165, 1.54) is 14.2 Å². The molecule has 0 saturated heterocycles. The summed E-state index contributed by atoms with van der Waals surface area (Å²) >= 11 is 0. The number of alkyl halides is 3. The van der Waals surface area contributed by atoms with Crippen LogP contribution >= 0.6 is 0 Å². The number of hydrogen-bond donors (Lipinski definition) is 1. The van der Waals surface area contributed by atoms with Gasteiger partial charge in [0, 0.05) is 18.5 Å². The quantitative estimate of drug-likeness (QED) is 0.831. The second-order valence-electron chi connectivity index (χ2n) is 4.41. The van der Waals surface area contributed by atoms with Crippen LogP contribution in [0.5, 0.6) is 11.5 Å². The lowest BCUT2D eigenvalue weighted by Gasteiger charge is -2.20. The van der Waals surface area contributed by atoms with Crippen molar-refractivity contribution >= 4 is 0 Å². The van der Waals surface area contributed by atoms with Gasteiger partial charge in [0.25, 0.3) is 0 Å². The fraction of sp³-hybridized carbons (Fsp3) is 0.571. The molecular weight excluding hydrogens is 271 g/mol. The van der Waals surface area contributed by atoms with Gasteiger partial charge in [0.15, 0.2) is 0 Å². The zero-order chi connectivity index (χ0) is 15.2. The van der Waals surface area contributed by atoms with Crippen molar-refractivity contribution in [2.45, 2.75) is 32.0 Å². The monoisotopic (exact) mass is 291 g/mol. The van der Waals surface area contributed by atoms with Crippen LogP contribution in [0.2, 0.25) is 0 Å². The van der Waals surface area contributed by atoms with E-state index in [2.05, 4.69) is 5.32 Å². The van der Waals surface area contributed by atoms with E-state index >= 15 is 0 Å². The van der Waals surface area contributed by atoms with Crippen molar-refractivity contribution < 1.29 is 22.6 Å². The Hall–Kier alpha value is -1.43. The van der Waals surface area contributed by atoms with Crippen LogP contribution in [0.3, 0.4) is 0 Å². The summed E-state index contributed by atoms with van der Waals surface area (Å²) in [6, 6.07) is 4.76. The average Bonchev–Trinajstić information content (AvgIpc) is 2.41. The lowest BCUT2D eigenvalue weighted by Crippen LogP contribution is -2.23.